The molecule has 3 nitrogen and oxygen atoms in total. The molecule has 0 aromatic rings. The molecular weight excluding hydrogens is 198 g/mol. The van der Waals surface area contributed by atoms with Crippen LogP contribution in [-0.2, 0) is 0 Å². The van der Waals surface area contributed by atoms with Gasteiger partial charge in [0.2, 0.25) is 0 Å². The molecule has 2 aliphatic heterocycles. The topological polar surface area (TPSA) is 18.5 Å². The Balaban J connectivity index is 1.64. The molecule has 1 unspecified atom stereocenters. The van der Waals surface area contributed by atoms with Crippen LogP contribution in [-0.4, -0.2) is 61.7 Å². The summed E-state index contributed by atoms with van der Waals surface area (Å²) in [6.07, 6.45) is 5.48. The maximum Gasteiger partial charge on any atom is 0.0195 e. The summed E-state index contributed by atoms with van der Waals surface area (Å²) in [5, 5.41) is 3.65. The van der Waals surface area contributed by atoms with E-state index in [-0.39, 0.29) is 0 Å². The van der Waals surface area contributed by atoms with Gasteiger partial charge in [-0.1, -0.05) is 13.3 Å². The van der Waals surface area contributed by atoms with Gasteiger partial charge in [0.05, 0.1) is 0 Å². The van der Waals surface area contributed by atoms with Crippen molar-refractivity contribution in [2.24, 2.45) is 0 Å². The first kappa shape index (κ1) is 12.3. The van der Waals surface area contributed by atoms with E-state index in [2.05, 4.69) is 22.0 Å². The molecule has 0 aromatic heterocycles. The van der Waals surface area contributed by atoms with Gasteiger partial charge in [-0.25, -0.2) is 0 Å². The average Bonchev–Trinajstić information content (AvgIpc) is 2.33. The smallest absolute Gasteiger partial charge is 0.0195 e. The van der Waals surface area contributed by atoms with Crippen LogP contribution in [0.5, 0.6) is 0 Å². The standard InChI is InChI=1S/C13H27N3/c1-2-7-15-8-10-16(11-9-15)12-13-5-3-4-6-14-13/h13-14H,2-12H2,1H3. The Labute approximate surface area is 100 Å². The Kier molecular flexibility index (Phi) is 5.07. The third-order valence-corrected chi connectivity index (χ3v) is 3.90. The van der Waals surface area contributed by atoms with Crippen LogP contribution in [0.2, 0.25) is 0 Å². The lowest BCUT2D eigenvalue weighted by Gasteiger charge is -2.37. The summed E-state index contributed by atoms with van der Waals surface area (Å²) in [6.45, 7) is 11.2. The Morgan fingerprint density at radius 1 is 1.06 bits per heavy atom. The van der Waals surface area contributed by atoms with E-state index in [9.17, 15) is 0 Å². The monoisotopic (exact) mass is 225 g/mol. The fourth-order valence-corrected chi connectivity index (χ4v) is 2.90. The van der Waals surface area contributed by atoms with Crippen LogP contribution < -0.4 is 5.32 Å². The SMILES string of the molecule is CCCN1CCN(CC2CCCCN2)CC1. The summed E-state index contributed by atoms with van der Waals surface area (Å²) < 4.78 is 0. The van der Waals surface area contributed by atoms with Gasteiger partial charge in [0, 0.05) is 38.8 Å². The maximum absolute atomic E-state index is 3.65. The third-order valence-electron chi connectivity index (χ3n) is 3.90. The van der Waals surface area contributed by atoms with Crippen molar-refractivity contribution in [3.05, 3.63) is 0 Å². The summed E-state index contributed by atoms with van der Waals surface area (Å²) in [5.41, 5.74) is 0. The molecule has 0 spiro atoms. The quantitative estimate of drug-likeness (QED) is 0.774. The average molecular weight is 225 g/mol. The minimum absolute atomic E-state index is 0.770. The highest BCUT2D eigenvalue weighted by atomic mass is 15.3. The van der Waals surface area contributed by atoms with E-state index in [1.807, 2.05) is 0 Å². The lowest BCUT2D eigenvalue weighted by molar-refractivity contribution is 0.119. The fourth-order valence-electron chi connectivity index (χ4n) is 2.90. The molecule has 94 valence electrons. The predicted octanol–water partition coefficient (Wildman–Crippen LogP) is 1.16. The highest BCUT2D eigenvalue weighted by Crippen LogP contribution is 2.10. The van der Waals surface area contributed by atoms with E-state index in [4.69, 9.17) is 0 Å². The predicted molar refractivity (Wildman–Crippen MR) is 68.8 cm³/mol. The van der Waals surface area contributed by atoms with Gasteiger partial charge in [0.25, 0.3) is 0 Å². The number of nitrogens with zero attached hydrogens (tertiary/aromatic N) is 2. The Hall–Kier alpha value is -0.120. The molecule has 3 heteroatoms. The van der Waals surface area contributed by atoms with E-state index in [0.717, 1.165) is 6.04 Å². The zero-order valence-electron chi connectivity index (χ0n) is 10.7. The molecule has 2 fully saturated rings. The number of rotatable bonds is 4. The van der Waals surface area contributed by atoms with Crippen molar-refractivity contribution in [2.75, 3.05) is 45.8 Å². The van der Waals surface area contributed by atoms with Crippen LogP contribution in [0.25, 0.3) is 0 Å². The molecule has 0 aromatic carbocycles. The first-order chi connectivity index (χ1) is 7.88. The van der Waals surface area contributed by atoms with Crippen molar-refractivity contribution in [3.63, 3.8) is 0 Å². The van der Waals surface area contributed by atoms with Gasteiger partial charge in [-0.2, -0.15) is 0 Å². The van der Waals surface area contributed by atoms with Crippen molar-refractivity contribution < 1.29 is 0 Å². The largest absolute Gasteiger partial charge is 0.313 e. The summed E-state index contributed by atoms with van der Waals surface area (Å²) in [6, 6.07) is 0.770. The van der Waals surface area contributed by atoms with Crippen LogP contribution in [0.3, 0.4) is 0 Å². The first-order valence-electron chi connectivity index (χ1n) is 7.06. The molecule has 0 radical (unpaired) electrons. The number of piperazine rings is 1. The van der Waals surface area contributed by atoms with Crippen LogP contribution in [0.1, 0.15) is 32.6 Å². The second kappa shape index (κ2) is 6.58. The van der Waals surface area contributed by atoms with Gasteiger partial charge in [-0.3, -0.25) is 4.90 Å². The normalized spacial score (nSPS) is 29.4. The van der Waals surface area contributed by atoms with Gasteiger partial charge < -0.3 is 10.2 Å². The van der Waals surface area contributed by atoms with E-state index in [0.29, 0.717) is 0 Å². The number of hydrogen-bond donors (Lipinski definition) is 1. The number of nitrogens with one attached hydrogen (secondary N) is 1. The molecule has 2 aliphatic rings. The first-order valence-corrected chi connectivity index (χ1v) is 7.06. The van der Waals surface area contributed by atoms with Crippen molar-refractivity contribution in [1.29, 1.82) is 0 Å². The summed E-state index contributed by atoms with van der Waals surface area (Å²) >= 11 is 0. The maximum atomic E-state index is 3.65. The van der Waals surface area contributed by atoms with Crippen LogP contribution >= 0.6 is 0 Å². The third kappa shape index (κ3) is 3.72. The van der Waals surface area contributed by atoms with Gasteiger partial charge >= 0.3 is 0 Å². The molecule has 2 saturated heterocycles. The summed E-state index contributed by atoms with van der Waals surface area (Å²) in [4.78, 5) is 5.25. The second-order valence-electron chi connectivity index (χ2n) is 5.29. The van der Waals surface area contributed by atoms with Crippen molar-refractivity contribution in [2.45, 2.75) is 38.6 Å². The molecule has 2 rings (SSSR count). The fraction of sp³-hybridized carbons (Fsp3) is 1.00. The molecule has 1 N–H and O–H groups in total. The van der Waals surface area contributed by atoms with Gasteiger partial charge in [0.15, 0.2) is 0 Å². The zero-order chi connectivity index (χ0) is 11.2. The van der Waals surface area contributed by atoms with Crippen LogP contribution in [0.4, 0.5) is 0 Å². The Morgan fingerprint density at radius 2 is 1.81 bits per heavy atom. The Morgan fingerprint density at radius 3 is 2.44 bits per heavy atom. The van der Waals surface area contributed by atoms with Crippen molar-refractivity contribution in [3.8, 4) is 0 Å². The van der Waals surface area contributed by atoms with Gasteiger partial charge in [-0.15, -0.1) is 0 Å². The number of piperidine rings is 1. The highest BCUT2D eigenvalue weighted by Gasteiger charge is 2.20. The second-order valence-corrected chi connectivity index (χ2v) is 5.29. The highest BCUT2D eigenvalue weighted by molar-refractivity contribution is 4.79. The molecule has 16 heavy (non-hydrogen) atoms. The van der Waals surface area contributed by atoms with Crippen LogP contribution in [0, 0.1) is 0 Å². The molecular formula is C13H27N3. The summed E-state index contributed by atoms with van der Waals surface area (Å²) in [7, 11) is 0. The lowest BCUT2D eigenvalue weighted by atomic mass is 10.0. The van der Waals surface area contributed by atoms with E-state index >= 15 is 0 Å². The van der Waals surface area contributed by atoms with Gasteiger partial charge in [0.1, 0.15) is 0 Å². The minimum atomic E-state index is 0.770. The summed E-state index contributed by atoms with van der Waals surface area (Å²) in [5.74, 6) is 0. The number of hydrogen-bond acceptors (Lipinski definition) is 3. The molecule has 0 bridgehead atoms. The van der Waals surface area contributed by atoms with E-state index in [1.165, 1.54) is 71.5 Å². The minimum Gasteiger partial charge on any atom is -0.313 e. The van der Waals surface area contributed by atoms with Crippen molar-refractivity contribution >= 4 is 0 Å². The van der Waals surface area contributed by atoms with Gasteiger partial charge in [-0.05, 0) is 32.4 Å². The van der Waals surface area contributed by atoms with Crippen LogP contribution in [0.15, 0.2) is 0 Å². The Bertz CT molecular complexity index is 182. The van der Waals surface area contributed by atoms with Crippen molar-refractivity contribution in [1.82, 2.24) is 15.1 Å². The zero-order valence-corrected chi connectivity index (χ0v) is 10.7. The lowest BCUT2D eigenvalue weighted by Crippen LogP contribution is -2.51. The van der Waals surface area contributed by atoms with E-state index in [1.54, 1.807) is 0 Å². The molecule has 0 saturated carbocycles. The molecule has 0 amide bonds. The van der Waals surface area contributed by atoms with E-state index < -0.39 is 0 Å². The molecule has 0 aliphatic carbocycles. The molecule has 1 atom stereocenters. The molecule has 2 heterocycles.